The Morgan fingerprint density at radius 3 is 2.53 bits per heavy atom. The summed E-state index contributed by atoms with van der Waals surface area (Å²) in [5.74, 6) is 0. The van der Waals surface area contributed by atoms with E-state index in [1.807, 2.05) is 6.07 Å². The van der Waals surface area contributed by atoms with Gasteiger partial charge >= 0.3 is 0 Å². The van der Waals surface area contributed by atoms with Gasteiger partial charge in [0.1, 0.15) is 0 Å². The molecule has 0 radical (unpaired) electrons. The van der Waals surface area contributed by atoms with Crippen molar-refractivity contribution in [1.82, 2.24) is 4.90 Å². The normalized spacial score (nSPS) is 16.9. The highest BCUT2D eigenvalue weighted by Gasteiger charge is 2.31. The van der Waals surface area contributed by atoms with Crippen LogP contribution in [0.3, 0.4) is 0 Å². The molecule has 0 amide bonds. The molecule has 2 atom stereocenters. The SMILES string of the molecule is CCC(C)(C(N)Cc1cccc(Br)c1)N(C)C. The largest absolute Gasteiger partial charge is 0.326 e. The maximum Gasteiger partial charge on any atom is 0.0326 e. The maximum atomic E-state index is 6.39. The van der Waals surface area contributed by atoms with Gasteiger partial charge in [0.2, 0.25) is 0 Å². The van der Waals surface area contributed by atoms with Crippen LogP contribution in [0, 0.1) is 0 Å². The van der Waals surface area contributed by atoms with E-state index >= 15 is 0 Å². The predicted molar refractivity (Wildman–Crippen MR) is 78.2 cm³/mol. The zero-order valence-corrected chi connectivity index (χ0v) is 12.8. The van der Waals surface area contributed by atoms with E-state index in [9.17, 15) is 0 Å². The Kier molecular flexibility index (Phi) is 5.17. The smallest absolute Gasteiger partial charge is 0.0326 e. The van der Waals surface area contributed by atoms with Crippen molar-refractivity contribution in [3.05, 3.63) is 34.3 Å². The van der Waals surface area contributed by atoms with E-state index in [0.29, 0.717) is 0 Å². The molecule has 0 saturated carbocycles. The Labute approximate surface area is 113 Å². The standard InChI is InChI=1S/C14H23BrN2/c1-5-14(2,17(3)4)13(16)10-11-7-6-8-12(15)9-11/h6-9,13H,5,10,16H2,1-4H3. The Hall–Kier alpha value is -0.380. The molecule has 0 aromatic heterocycles. The Bertz CT molecular complexity index is 365. The van der Waals surface area contributed by atoms with E-state index in [0.717, 1.165) is 17.3 Å². The molecule has 2 unspecified atom stereocenters. The number of halogens is 1. The number of hydrogen-bond acceptors (Lipinski definition) is 2. The molecule has 0 bridgehead atoms. The van der Waals surface area contributed by atoms with Crippen LogP contribution in [0.1, 0.15) is 25.8 Å². The fourth-order valence-corrected chi connectivity index (χ4v) is 2.49. The molecular formula is C14H23BrN2. The molecule has 17 heavy (non-hydrogen) atoms. The summed E-state index contributed by atoms with van der Waals surface area (Å²) in [5.41, 5.74) is 7.72. The van der Waals surface area contributed by atoms with Crippen LogP contribution in [0.25, 0.3) is 0 Å². The summed E-state index contributed by atoms with van der Waals surface area (Å²) >= 11 is 3.50. The fourth-order valence-electron chi connectivity index (χ4n) is 2.05. The number of rotatable bonds is 5. The monoisotopic (exact) mass is 298 g/mol. The van der Waals surface area contributed by atoms with E-state index in [4.69, 9.17) is 5.73 Å². The molecule has 0 fully saturated rings. The van der Waals surface area contributed by atoms with Gasteiger partial charge in [-0.25, -0.2) is 0 Å². The Morgan fingerprint density at radius 1 is 1.41 bits per heavy atom. The molecule has 0 saturated heterocycles. The average Bonchev–Trinajstić information content (AvgIpc) is 2.27. The van der Waals surface area contributed by atoms with E-state index in [2.05, 4.69) is 67.0 Å². The first-order chi connectivity index (χ1) is 7.90. The third-order valence-corrected chi connectivity index (χ3v) is 4.37. The van der Waals surface area contributed by atoms with E-state index in [-0.39, 0.29) is 11.6 Å². The molecule has 0 aliphatic carbocycles. The topological polar surface area (TPSA) is 29.3 Å². The van der Waals surface area contributed by atoms with Crippen LogP contribution < -0.4 is 5.73 Å². The summed E-state index contributed by atoms with van der Waals surface area (Å²) in [5, 5.41) is 0. The second-order valence-electron chi connectivity index (χ2n) is 5.05. The second kappa shape index (κ2) is 5.98. The van der Waals surface area contributed by atoms with Crippen molar-refractivity contribution < 1.29 is 0 Å². The number of likely N-dealkylation sites (N-methyl/N-ethyl adjacent to an activating group) is 1. The Morgan fingerprint density at radius 2 is 2.06 bits per heavy atom. The zero-order chi connectivity index (χ0) is 13.1. The van der Waals surface area contributed by atoms with E-state index in [1.165, 1.54) is 5.56 Å². The Balaban J connectivity index is 2.81. The summed E-state index contributed by atoms with van der Waals surface area (Å²) in [6.07, 6.45) is 1.96. The lowest BCUT2D eigenvalue weighted by Crippen LogP contribution is -2.55. The van der Waals surface area contributed by atoms with Gasteiger partial charge in [0.15, 0.2) is 0 Å². The highest BCUT2D eigenvalue weighted by Crippen LogP contribution is 2.23. The molecule has 0 aliphatic heterocycles. The van der Waals surface area contributed by atoms with Crippen LogP contribution >= 0.6 is 15.9 Å². The van der Waals surface area contributed by atoms with Crippen molar-refractivity contribution >= 4 is 15.9 Å². The molecule has 3 heteroatoms. The number of nitrogens with zero attached hydrogens (tertiary/aromatic N) is 1. The van der Waals surface area contributed by atoms with Gasteiger partial charge in [0, 0.05) is 16.1 Å². The van der Waals surface area contributed by atoms with Crippen molar-refractivity contribution in [1.29, 1.82) is 0 Å². The summed E-state index contributed by atoms with van der Waals surface area (Å²) in [7, 11) is 4.20. The summed E-state index contributed by atoms with van der Waals surface area (Å²) in [4.78, 5) is 2.23. The third-order valence-electron chi connectivity index (χ3n) is 3.88. The first-order valence-electron chi connectivity index (χ1n) is 6.07. The zero-order valence-electron chi connectivity index (χ0n) is 11.2. The molecule has 2 nitrogen and oxygen atoms in total. The maximum absolute atomic E-state index is 6.39. The summed E-state index contributed by atoms with van der Waals surface area (Å²) < 4.78 is 1.12. The highest BCUT2D eigenvalue weighted by molar-refractivity contribution is 9.10. The lowest BCUT2D eigenvalue weighted by atomic mass is 9.85. The molecule has 1 aromatic carbocycles. The molecular weight excluding hydrogens is 276 g/mol. The molecule has 1 rings (SSSR count). The van der Waals surface area contributed by atoms with Crippen LogP contribution in [0.5, 0.6) is 0 Å². The lowest BCUT2D eigenvalue weighted by molar-refractivity contribution is 0.131. The fraction of sp³-hybridized carbons (Fsp3) is 0.571. The van der Waals surface area contributed by atoms with Gasteiger partial charge in [-0.1, -0.05) is 35.0 Å². The van der Waals surface area contributed by atoms with Crippen LogP contribution in [0.2, 0.25) is 0 Å². The van der Waals surface area contributed by atoms with Crippen LogP contribution in [-0.2, 0) is 6.42 Å². The first kappa shape index (κ1) is 14.7. The molecule has 1 aromatic rings. The van der Waals surface area contributed by atoms with Gasteiger partial charge in [0.25, 0.3) is 0 Å². The quantitative estimate of drug-likeness (QED) is 0.905. The van der Waals surface area contributed by atoms with Gasteiger partial charge in [-0.3, -0.25) is 0 Å². The van der Waals surface area contributed by atoms with Crippen LogP contribution in [-0.4, -0.2) is 30.6 Å². The highest BCUT2D eigenvalue weighted by atomic mass is 79.9. The van der Waals surface area contributed by atoms with E-state index < -0.39 is 0 Å². The molecule has 0 spiro atoms. The molecule has 0 aliphatic rings. The van der Waals surface area contributed by atoms with Crippen molar-refractivity contribution in [3.63, 3.8) is 0 Å². The van der Waals surface area contributed by atoms with Crippen molar-refractivity contribution in [2.75, 3.05) is 14.1 Å². The van der Waals surface area contributed by atoms with Gasteiger partial charge in [-0.05, 0) is 51.6 Å². The third kappa shape index (κ3) is 3.54. The second-order valence-corrected chi connectivity index (χ2v) is 5.96. The minimum atomic E-state index is 0.0440. The minimum Gasteiger partial charge on any atom is -0.326 e. The predicted octanol–water partition coefficient (Wildman–Crippen LogP) is 3.05. The minimum absolute atomic E-state index is 0.0440. The lowest BCUT2D eigenvalue weighted by Gasteiger charge is -2.41. The van der Waals surface area contributed by atoms with Crippen molar-refractivity contribution in [3.8, 4) is 0 Å². The van der Waals surface area contributed by atoms with Crippen molar-refractivity contribution in [2.45, 2.75) is 38.3 Å². The van der Waals surface area contributed by atoms with E-state index in [1.54, 1.807) is 0 Å². The first-order valence-corrected chi connectivity index (χ1v) is 6.87. The molecule has 96 valence electrons. The van der Waals surface area contributed by atoms with Gasteiger partial charge in [0.05, 0.1) is 0 Å². The number of benzene rings is 1. The van der Waals surface area contributed by atoms with Gasteiger partial charge < -0.3 is 10.6 Å². The van der Waals surface area contributed by atoms with Crippen molar-refractivity contribution in [2.24, 2.45) is 5.73 Å². The van der Waals surface area contributed by atoms with Gasteiger partial charge in [-0.2, -0.15) is 0 Å². The number of hydrogen-bond donors (Lipinski definition) is 1. The summed E-state index contributed by atoms with van der Waals surface area (Å²) in [6, 6.07) is 8.52. The van der Waals surface area contributed by atoms with Crippen LogP contribution in [0.4, 0.5) is 0 Å². The number of nitrogens with two attached hydrogens (primary N) is 1. The van der Waals surface area contributed by atoms with Crippen LogP contribution in [0.15, 0.2) is 28.7 Å². The average molecular weight is 299 g/mol. The molecule has 2 N–H and O–H groups in total. The summed E-state index contributed by atoms with van der Waals surface area (Å²) in [6.45, 7) is 4.43. The molecule has 0 heterocycles. The van der Waals surface area contributed by atoms with Gasteiger partial charge in [-0.15, -0.1) is 0 Å².